The van der Waals surface area contributed by atoms with Crippen LogP contribution in [0.15, 0.2) is 0 Å². The summed E-state index contributed by atoms with van der Waals surface area (Å²) in [5.41, 5.74) is 0. The van der Waals surface area contributed by atoms with Gasteiger partial charge in [-0.2, -0.15) is 15.0 Å². The Morgan fingerprint density at radius 1 is 1.00 bits per heavy atom. The Balaban J connectivity index is 3.13. The standard InChI is InChI=1S/C13H24ClN5/c1-6-9-19(10(4)5)13-16-11(14)15-12(17-13)18(7-2)8-3/h10H,6-9H2,1-5H3. The Morgan fingerprint density at radius 2 is 1.58 bits per heavy atom. The fourth-order valence-corrected chi connectivity index (χ4v) is 2.09. The topological polar surface area (TPSA) is 45.2 Å². The van der Waals surface area contributed by atoms with Crippen molar-refractivity contribution in [3.05, 3.63) is 5.28 Å². The van der Waals surface area contributed by atoms with E-state index < -0.39 is 0 Å². The smallest absolute Gasteiger partial charge is 0.231 e. The largest absolute Gasteiger partial charge is 0.341 e. The summed E-state index contributed by atoms with van der Waals surface area (Å²) in [6.07, 6.45) is 1.04. The zero-order chi connectivity index (χ0) is 14.4. The Labute approximate surface area is 121 Å². The van der Waals surface area contributed by atoms with Gasteiger partial charge >= 0.3 is 0 Å². The first-order valence-electron chi connectivity index (χ1n) is 6.96. The quantitative estimate of drug-likeness (QED) is 0.771. The third-order valence-electron chi connectivity index (χ3n) is 2.98. The summed E-state index contributed by atoms with van der Waals surface area (Å²) in [6, 6.07) is 0.336. The molecule has 5 nitrogen and oxygen atoms in total. The number of hydrogen-bond donors (Lipinski definition) is 0. The van der Waals surface area contributed by atoms with E-state index in [4.69, 9.17) is 11.6 Å². The zero-order valence-corrected chi connectivity index (χ0v) is 13.3. The molecule has 1 rings (SSSR count). The van der Waals surface area contributed by atoms with Crippen LogP contribution in [0.2, 0.25) is 5.28 Å². The fraction of sp³-hybridized carbons (Fsp3) is 0.769. The predicted molar refractivity (Wildman–Crippen MR) is 81.2 cm³/mol. The number of halogens is 1. The van der Waals surface area contributed by atoms with Crippen LogP contribution in [-0.4, -0.2) is 40.6 Å². The highest BCUT2D eigenvalue weighted by Crippen LogP contribution is 2.18. The zero-order valence-electron chi connectivity index (χ0n) is 12.5. The third kappa shape index (κ3) is 4.20. The molecule has 0 spiro atoms. The Morgan fingerprint density at radius 3 is 2.05 bits per heavy atom. The van der Waals surface area contributed by atoms with Gasteiger partial charge in [0, 0.05) is 25.7 Å². The van der Waals surface area contributed by atoms with E-state index >= 15 is 0 Å². The van der Waals surface area contributed by atoms with Crippen molar-refractivity contribution in [3.8, 4) is 0 Å². The molecule has 0 saturated heterocycles. The van der Waals surface area contributed by atoms with Crippen molar-refractivity contribution in [2.45, 2.75) is 47.1 Å². The molecule has 6 heteroatoms. The van der Waals surface area contributed by atoms with E-state index in [-0.39, 0.29) is 5.28 Å². The van der Waals surface area contributed by atoms with Crippen molar-refractivity contribution in [1.82, 2.24) is 15.0 Å². The van der Waals surface area contributed by atoms with Crippen molar-refractivity contribution in [2.24, 2.45) is 0 Å². The van der Waals surface area contributed by atoms with E-state index in [2.05, 4.69) is 59.4 Å². The lowest BCUT2D eigenvalue weighted by Crippen LogP contribution is -2.34. The summed E-state index contributed by atoms with van der Waals surface area (Å²) in [5, 5.41) is 0.258. The van der Waals surface area contributed by atoms with Crippen molar-refractivity contribution in [1.29, 1.82) is 0 Å². The molecule has 108 valence electrons. The van der Waals surface area contributed by atoms with Gasteiger partial charge in [0.1, 0.15) is 0 Å². The van der Waals surface area contributed by atoms with Crippen molar-refractivity contribution in [2.75, 3.05) is 29.4 Å². The van der Waals surface area contributed by atoms with Gasteiger partial charge in [-0.25, -0.2) is 0 Å². The maximum atomic E-state index is 6.04. The van der Waals surface area contributed by atoms with Crippen LogP contribution in [-0.2, 0) is 0 Å². The highest BCUT2D eigenvalue weighted by Gasteiger charge is 2.17. The maximum Gasteiger partial charge on any atom is 0.231 e. The van der Waals surface area contributed by atoms with Crippen molar-refractivity contribution in [3.63, 3.8) is 0 Å². The first-order valence-corrected chi connectivity index (χ1v) is 7.34. The molecule has 0 unspecified atom stereocenters. The number of hydrogen-bond acceptors (Lipinski definition) is 5. The molecule has 0 aliphatic rings. The summed E-state index contributed by atoms with van der Waals surface area (Å²) < 4.78 is 0. The second-order valence-corrected chi connectivity index (χ2v) is 5.00. The Kier molecular flexibility index (Phi) is 6.28. The Bertz CT molecular complexity index is 393. The van der Waals surface area contributed by atoms with Crippen molar-refractivity contribution >= 4 is 23.5 Å². The molecule has 0 bridgehead atoms. The molecule has 19 heavy (non-hydrogen) atoms. The summed E-state index contributed by atoms with van der Waals surface area (Å²) in [7, 11) is 0. The van der Waals surface area contributed by atoms with Gasteiger partial charge < -0.3 is 9.80 Å². The summed E-state index contributed by atoms with van der Waals surface area (Å²) in [5.74, 6) is 1.32. The molecule has 0 saturated carbocycles. The van der Waals surface area contributed by atoms with Gasteiger partial charge in [-0.05, 0) is 45.7 Å². The molecule has 0 aromatic carbocycles. The molecule has 1 heterocycles. The van der Waals surface area contributed by atoms with Gasteiger partial charge in [0.2, 0.25) is 17.2 Å². The number of anilines is 2. The molecule has 0 aliphatic carbocycles. The molecule has 0 N–H and O–H groups in total. The Hall–Kier alpha value is -1.10. The monoisotopic (exact) mass is 285 g/mol. The average Bonchev–Trinajstić information content (AvgIpc) is 2.36. The lowest BCUT2D eigenvalue weighted by Gasteiger charge is -2.27. The predicted octanol–water partition coefficient (Wildman–Crippen LogP) is 3.00. The molecule has 0 amide bonds. The first kappa shape index (κ1) is 16.0. The fourth-order valence-electron chi connectivity index (χ4n) is 1.94. The number of nitrogens with zero attached hydrogens (tertiary/aromatic N) is 5. The number of aromatic nitrogens is 3. The second-order valence-electron chi connectivity index (χ2n) is 4.66. The highest BCUT2D eigenvalue weighted by molar-refractivity contribution is 6.28. The van der Waals surface area contributed by atoms with Crippen LogP contribution in [0.5, 0.6) is 0 Å². The van der Waals surface area contributed by atoms with Gasteiger partial charge in [0.05, 0.1) is 0 Å². The van der Waals surface area contributed by atoms with Gasteiger partial charge in [0.25, 0.3) is 0 Å². The van der Waals surface area contributed by atoms with Crippen molar-refractivity contribution < 1.29 is 0 Å². The first-order chi connectivity index (χ1) is 9.03. The molecular formula is C13H24ClN5. The second kappa shape index (κ2) is 7.48. The van der Waals surface area contributed by atoms with Crippen LogP contribution in [0.3, 0.4) is 0 Å². The maximum absolute atomic E-state index is 6.04. The van der Waals surface area contributed by atoms with Crippen LogP contribution < -0.4 is 9.80 Å². The number of rotatable bonds is 7. The molecule has 0 aliphatic heterocycles. The van der Waals surface area contributed by atoms with E-state index in [1.165, 1.54) is 0 Å². The summed E-state index contributed by atoms with van der Waals surface area (Å²) in [4.78, 5) is 17.3. The molecule has 0 radical (unpaired) electrons. The van der Waals surface area contributed by atoms with Crippen LogP contribution in [0.1, 0.15) is 41.0 Å². The van der Waals surface area contributed by atoms with Gasteiger partial charge in [-0.15, -0.1) is 0 Å². The van der Waals surface area contributed by atoms with E-state index in [1.807, 2.05) is 0 Å². The normalized spacial score (nSPS) is 10.9. The summed E-state index contributed by atoms with van der Waals surface area (Å²) >= 11 is 6.04. The minimum absolute atomic E-state index is 0.258. The average molecular weight is 286 g/mol. The van der Waals surface area contributed by atoms with E-state index in [9.17, 15) is 0 Å². The van der Waals surface area contributed by atoms with Gasteiger partial charge in [0.15, 0.2) is 0 Å². The molecule has 1 aromatic heterocycles. The van der Waals surface area contributed by atoms with Crippen LogP contribution in [0.4, 0.5) is 11.9 Å². The minimum atomic E-state index is 0.258. The van der Waals surface area contributed by atoms with Crippen LogP contribution in [0, 0.1) is 0 Å². The molecule has 0 fully saturated rings. The van der Waals surface area contributed by atoms with E-state index in [0.29, 0.717) is 17.9 Å². The SMILES string of the molecule is CCCN(c1nc(Cl)nc(N(CC)CC)n1)C(C)C. The van der Waals surface area contributed by atoms with Crippen LogP contribution >= 0.6 is 11.6 Å². The van der Waals surface area contributed by atoms with Gasteiger partial charge in [-0.1, -0.05) is 6.92 Å². The highest BCUT2D eigenvalue weighted by atomic mass is 35.5. The van der Waals surface area contributed by atoms with Gasteiger partial charge in [-0.3, -0.25) is 0 Å². The van der Waals surface area contributed by atoms with Crippen LogP contribution in [0.25, 0.3) is 0 Å². The van der Waals surface area contributed by atoms with E-state index in [0.717, 1.165) is 26.1 Å². The molecular weight excluding hydrogens is 262 g/mol. The molecule has 1 aromatic rings. The molecule has 0 atom stereocenters. The van der Waals surface area contributed by atoms with E-state index in [1.54, 1.807) is 0 Å². The minimum Gasteiger partial charge on any atom is -0.341 e. The third-order valence-corrected chi connectivity index (χ3v) is 3.14. The summed E-state index contributed by atoms with van der Waals surface area (Å²) in [6.45, 7) is 13.2. The lowest BCUT2D eigenvalue weighted by atomic mass is 10.3. The lowest BCUT2D eigenvalue weighted by molar-refractivity contribution is 0.647.